The first kappa shape index (κ1) is 12.7. The fourth-order valence-corrected chi connectivity index (χ4v) is 1.22. The maximum atomic E-state index is 13.1. The molecule has 0 radical (unpaired) electrons. The third kappa shape index (κ3) is 3.63. The monoisotopic (exact) mass is 221 g/mol. The van der Waals surface area contributed by atoms with Gasteiger partial charge in [0.2, 0.25) is 0 Å². The smallest absolute Gasteiger partial charge is 0.124 e. The lowest BCUT2D eigenvalue weighted by atomic mass is 10.1. The molecule has 0 fully saturated rings. The Morgan fingerprint density at radius 3 is 2.56 bits per heavy atom. The summed E-state index contributed by atoms with van der Waals surface area (Å²) < 4.78 is 18.7. The summed E-state index contributed by atoms with van der Waals surface area (Å²) in [6.07, 6.45) is 0.119. The number of ether oxygens (including phenoxy) is 1. The number of hydrogen-bond acceptors (Lipinski definition) is 2. The summed E-state index contributed by atoms with van der Waals surface area (Å²) in [5.74, 6) is 0.0267. The molecule has 0 amide bonds. The summed E-state index contributed by atoms with van der Waals surface area (Å²) in [5, 5.41) is 8.69. The van der Waals surface area contributed by atoms with Crippen molar-refractivity contribution in [3.05, 3.63) is 35.1 Å². The van der Waals surface area contributed by atoms with Gasteiger partial charge in [0.15, 0.2) is 0 Å². The van der Waals surface area contributed by atoms with Gasteiger partial charge in [0.05, 0.1) is 24.3 Å². The molecule has 0 aliphatic rings. The molecule has 0 bridgehead atoms. The first-order valence-electron chi connectivity index (χ1n) is 5.34. The summed E-state index contributed by atoms with van der Waals surface area (Å²) in [6.45, 7) is 6.45. The number of nitrogens with zero attached hydrogens (tertiary/aromatic N) is 1. The van der Waals surface area contributed by atoms with E-state index in [4.69, 9.17) is 10.00 Å². The summed E-state index contributed by atoms with van der Waals surface area (Å²) in [7, 11) is 0. The van der Waals surface area contributed by atoms with Crippen LogP contribution < -0.4 is 0 Å². The van der Waals surface area contributed by atoms with Gasteiger partial charge in [0.1, 0.15) is 5.82 Å². The molecule has 16 heavy (non-hydrogen) atoms. The molecule has 0 saturated carbocycles. The second kappa shape index (κ2) is 5.62. The Labute approximate surface area is 95.7 Å². The minimum atomic E-state index is -0.394. The van der Waals surface area contributed by atoms with Crippen molar-refractivity contribution >= 4 is 0 Å². The highest BCUT2D eigenvalue weighted by molar-refractivity contribution is 5.33. The molecule has 0 saturated heterocycles. The van der Waals surface area contributed by atoms with Crippen LogP contribution in [0.5, 0.6) is 0 Å². The third-order valence-electron chi connectivity index (χ3n) is 2.54. The van der Waals surface area contributed by atoms with E-state index in [-0.39, 0.29) is 6.10 Å². The minimum Gasteiger partial charge on any atom is -0.374 e. The van der Waals surface area contributed by atoms with Crippen LogP contribution in [0, 0.1) is 23.1 Å². The summed E-state index contributed by atoms with van der Waals surface area (Å²) in [6, 6.07) is 6.19. The largest absolute Gasteiger partial charge is 0.374 e. The maximum Gasteiger partial charge on any atom is 0.124 e. The number of benzene rings is 1. The highest BCUT2D eigenvalue weighted by atomic mass is 19.1. The van der Waals surface area contributed by atoms with Crippen LogP contribution in [-0.4, -0.2) is 6.10 Å². The Morgan fingerprint density at radius 1 is 1.31 bits per heavy atom. The van der Waals surface area contributed by atoms with Crippen LogP contribution in [-0.2, 0) is 11.3 Å². The lowest BCUT2D eigenvalue weighted by Gasteiger charge is -2.16. The van der Waals surface area contributed by atoms with E-state index in [1.807, 2.05) is 13.0 Å². The Morgan fingerprint density at radius 2 is 2.00 bits per heavy atom. The SMILES string of the molecule is CC(C)C(C)OCc1cc(F)cc(C#N)c1. The fourth-order valence-electron chi connectivity index (χ4n) is 1.22. The zero-order valence-corrected chi connectivity index (χ0v) is 9.83. The fraction of sp³-hybridized carbons (Fsp3) is 0.462. The van der Waals surface area contributed by atoms with E-state index in [1.54, 1.807) is 6.07 Å². The van der Waals surface area contributed by atoms with Crippen molar-refractivity contribution < 1.29 is 9.13 Å². The van der Waals surface area contributed by atoms with E-state index in [1.165, 1.54) is 12.1 Å². The van der Waals surface area contributed by atoms with Crippen LogP contribution >= 0.6 is 0 Å². The second-order valence-electron chi connectivity index (χ2n) is 4.22. The van der Waals surface area contributed by atoms with Gasteiger partial charge in [-0.2, -0.15) is 5.26 Å². The molecule has 0 aliphatic heterocycles. The predicted octanol–water partition coefficient (Wildman–Crippen LogP) is 3.26. The van der Waals surface area contributed by atoms with E-state index in [0.717, 1.165) is 0 Å². The van der Waals surface area contributed by atoms with Gasteiger partial charge in [0.25, 0.3) is 0 Å². The van der Waals surface area contributed by atoms with Gasteiger partial charge in [-0.05, 0) is 36.6 Å². The van der Waals surface area contributed by atoms with Crippen LogP contribution in [0.4, 0.5) is 4.39 Å². The molecule has 86 valence electrons. The van der Waals surface area contributed by atoms with Crippen molar-refractivity contribution in [2.45, 2.75) is 33.5 Å². The van der Waals surface area contributed by atoms with Gasteiger partial charge < -0.3 is 4.74 Å². The van der Waals surface area contributed by atoms with Crippen molar-refractivity contribution in [1.29, 1.82) is 5.26 Å². The van der Waals surface area contributed by atoms with Crippen LogP contribution in [0.25, 0.3) is 0 Å². The Bertz CT molecular complexity index is 395. The highest BCUT2D eigenvalue weighted by Crippen LogP contribution is 2.13. The normalized spacial score (nSPS) is 12.5. The molecule has 1 aromatic rings. The van der Waals surface area contributed by atoms with Crippen molar-refractivity contribution in [2.24, 2.45) is 5.92 Å². The molecule has 0 heterocycles. The van der Waals surface area contributed by atoms with Gasteiger partial charge in [-0.25, -0.2) is 4.39 Å². The Balaban J connectivity index is 2.68. The van der Waals surface area contributed by atoms with Crippen molar-refractivity contribution in [3.63, 3.8) is 0 Å². The molecule has 0 spiro atoms. The third-order valence-corrected chi connectivity index (χ3v) is 2.54. The average molecular weight is 221 g/mol. The molecular weight excluding hydrogens is 205 g/mol. The molecular formula is C13H16FNO. The molecule has 3 heteroatoms. The molecule has 0 aromatic heterocycles. The van der Waals surface area contributed by atoms with E-state index in [2.05, 4.69) is 13.8 Å². The van der Waals surface area contributed by atoms with Crippen LogP contribution in [0.15, 0.2) is 18.2 Å². The van der Waals surface area contributed by atoms with E-state index in [9.17, 15) is 4.39 Å². The van der Waals surface area contributed by atoms with Gasteiger partial charge in [0, 0.05) is 0 Å². The van der Waals surface area contributed by atoms with Crippen LogP contribution in [0.2, 0.25) is 0 Å². The average Bonchev–Trinajstić information content (AvgIpc) is 2.24. The van der Waals surface area contributed by atoms with Crippen molar-refractivity contribution in [2.75, 3.05) is 0 Å². The molecule has 1 aromatic carbocycles. The van der Waals surface area contributed by atoms with E-state index in [0.29, 0.717) is 23.7 Å². The van der Waals surface area contributed by atoms with Crippen LogP contribution in [0.1, 0.15) is 31.9 Å². The Hall–Kier alpha value is -1.40. The van der Waals surface area contributed by atoms with E-state index >= 15 is 0 Å². The first-order chi connectivity index (χ1) is 7.52. The molecule has 1 atom stereocenters. The van der Waals surface area contributed by atoms with Crippen molar-refractivity contribution in [3.8, 4) is 6.07 Å². The molecule has 0 aliphatic carbocycles. The Kier molecular flexibility index (Phi) is 4.45. The topological polar surface area (TPSA) is 33.0 Å². The molecule has 1 rings (SSSR count). The highest BCUT2D eigenvalue weighted by Gasteiger charge is 2.08. The minimum absolute atomic E-state index is 0.119. The van der Waals surface area contributed by atoms with Gasteiger partial charge in [-0.1, -0.05) is 13.8 Å². The maximum absolute atomic E-state index is 13.1. The lowest BCUT2D eigenvalue weighted by Crippen LogP contribution is -2.15. The number of hydrogen-bond donors (Lipinski definition) is 0. The lowest BCUT2D eigenvalue weighted by molar-refractivity contribution is 0.0234. The standard InChI is InChI=1S/C13H16FNO/c1-9(2)10(3)16-8-12-4-11(7-15)5-13(14)6-12/h4-6,9-10H,8H2,1-3H3. The number of halogens is 1. The molecule has 0 N–H and O–H groups in total. The molecule has 1 unspecified atom stereocenters. The summed E-state index contributed by atoms with van der Waals surface area (Å²) in [5.41, 5.74) is 1.03. The molecule has 2 nitrogen and oxygen atoms in total. The second-order valence-corrected chi connectivity index (χ2v) is 4.22. The van der Waals surface area contributed by atoms with Gasteiger partial charge in [-0.3, -0.25) is 0 Å². The van der Waals surface area contributed by atoms with Gasteiger partial charge in [-0.15, -0.1) is 0 Å². The number of nitriles is 1. The van der Waals surface area contributed by atoms with Gasteiger partial charge >= 0.3 is 0 Å². The summed E-state index contributed by atoms with van der Waals surface area (Å²) >= 11 is 0. The predicted molar refractivity (Wildman–Crippen MR) is 60.2 cm³/mol. The van der Waals surface area contributed by atoms with Crippen molar-refractivity contribution in [1.82, 2.24) is 0 Å². The first-order valence-corrected chi connectivity index (χ1v) is 5.34. The zero-order valence-electron chi connectivity index (χ0n) is 9.83. The number of rotatable bonds is 4. The summed E-state index contributed by atoms with van der Waals surface area (Å²) in [4.78, 5) is 0. The van der Waals surface area contributed by atoms with E-state index < -0.39 is 5.82 Å². The zero-order chi connectivity index (χ0) is 12.1. The van der Waals surface area contributed by atoms with Crippen LogP contribution in [0.3, 0.4) is 0 Å². The quantitative estimate of drug-likeness (QED) is 0.781.